The molecule has 13 aromatic rings. The van der Waals surface area contributed by atoms with Gasteiger partial charge in [0.1, 0.15) is 0 Å². The average Bonchev–Trinajstić information content (AvgIpc) is 4.00. The van der Waals surface area contributed by atoms with E-state index in [2.05, 4.69) is 240 Å². The van der Waals surface area contributed by atoms with Gasteiger partial charge in [-0.25, -0.2) is 0 Å². The van der Waals surface area contributed by atoms with Crippen molar-refractivity contribution in [1.82, 2.24) is 9.13 Å². The Morgan fingerprint density at radius 1 is 0.234 bits per heavy atom. The molecule has 2 nitrogen and oxygen atoms in total. The second-order valence-electron chi connectivity index (χ2n) is 17.3. The Morgan fingerprint density at radius 2 is 0.812 bits per heavy atom. The van der Waals surface area contributed by atoms with Crippen LogP contribution in [0.3, 0.4) is 0 Å². The Kier molecular flexibility index (Phi) is 7.43. The van der Waals surface area contributed by atoms with E-state index in [4.69, 9.17) is 0 Å². The lowest BCUT2D eigenvalue weighted by Crippen LogP contribution is -1.95. The third kappa shape index (κ3) is 5.14. The summed E-state index contributed by atoms with van der Waals surface area (Å²) in [7, 11) is 0. The van der Waals surface area contributed by atoms with Crippen LogP contribution < -0.4 is 0 Å². The van der Waals surface area contributed by atoms with Crippen LogP contribution in [-0.4, -0.2) is 9.13 Å². The van der Waals surface area contributed by atoms with E-state index in [0.717, 1.165) is 5.69 Å². The molecule has 2 aromatic heterocycles. The molecule has 0 saturated heterocycles. The number of hydrogen-bond donors (Lipinski definition) is 0. The summed E-state index contributed by atoms with van der Waals surface area (Å²) in [6.07, 6.45) is 0. The van der Waals surface area contributed by atoms with Crippen molar-refractivity contribution in [3.05, 3.63) is 231 Å². The minimum absolute atomic E-state index is 1.14. The Balaban J connectivity index is 0.888. The third-order valence-corrected chi connectivity index (χ3v) is 13.8. The Labute approximate surface area is 370 Å². The first kappa shape index (κ1) is 35.2. The maximum absolute atomic E-state index is 2.45. The lowest BCUT2D eigenvalue weighted by molar-refractivity contribution is 1.18. The summed E-state index contributed by atoms with van der Waals surface area (Å²) in [5, 5.41) is 10.2. The van der Waals surface area contributed by atoms with Crippen molar-refractivity contribution < 1.29 is 0 Å². The molecule has 296 valence electrons. The second-order valence-corrected chi connectivity index (χ2v) is 17.3. The zero-order chi connectivity index (χ0) is 41.9. The normalized spacial score (nSPS) is 12.1. The number of para-hydroxylation sites is 2. The summed E-state index contributed by atoms with van der Waals surface area (Å²) in [5.41, 5.74) is 19.7. The maximum atomic E-state index is 2.45. The predicted molar refractivity (Wildman–Crippen MR) is 271 cm³/mol. The van der Waals surface area contributed by atoms with E-state index in [1.807, 2.05) is 0 Å². The Hall–Kier alpha value is -8.46. The molecule has 0 amide bonds. The van der Waals surface area contributed by atoms with Gasteiger partial charge in [-0.15, -0.1) is 0 Å². The highest BCUT2D eigenvalue weighted by Gasteiger charge is 2.22. The van der Waals surface area contributed by atoms with Crippen molar-refractivity contribution in [2.45, 2.75) is 0 Å². The number of aromatic nitrogens is 2. The molecule has 0 radical (unpaired) electrons. The number of benzene rings is 11. The molecule has 0 saturated carbocycles. The van der Waals surface area contributed by atoms with Crippen molar-refractivity contribution in [2.75, 3.05) is 0 Å². The monoisotopic (exact) mass is 810 g/mol. The van der Waals surface area contributed by atoms with Crippen LogP contribution in [0.25, 0.3) is 132 Å². The van der Waals surface area contributed by atoms with Crippen molar-refractivity contribution in [1.29, 1.82) is 0 Å². The Morgan fingerprint density at radius 3 is 1.67 bits per heavy atom. The zero-order valence-corrected chi connectivity index (χ0v) is 34.8. The number of nitrogens with zero attached hydrogens (tertiary/aromatic N) is 2. The van der Waals surface area contributed by atoms with Gasteiger partial charge in [0.25, 0.3) is 0 Å². The van der Waals surface area contributed by atoms with E-state index in [9.17, 15) is 0 Å². The summed E-state index contributed by atoms with van der Waals surface area (Å²) in [6, 6.07) is 85.3. The molecule has 2 heteroatoms. The van der Waals surface area contributed by atoms with Gasteiger partial charge in [0.05, 0.1) is 22.1 Å². The summed E-state index contributed by atoms with van der Waals surface area (Å²) in [6.45, 7) is 0. The summed E-state index contributed by atoms with van der Waals surface area (Å²) in [5.74, 6) is 0. The molecule has 11 aromatic carbocycles. The predicted octanol–water partition coefficient (Wildman–Crippen LogP) is 16.8. The molecule has 14 rings (SSSR count). The van der Waals surface area contributed by atoms with Crippen LogP contribution in [0.5, 0.6) is 0 Å². The molecule has 0 fully saturated rings. The van der Waals surface area contributed by atoms with Gasteiger partial charge >= 0.3 is 0 Å². The SMILES string of the molecule is c1ccc(-n2c3ccc(-c4ccc5c6ccccc6n(-c6cccc(-c7cccc(-c8ccc9c(c8)-c8cccc%10cccc-9c8%10)c7)c6)c5c4)cc3c3ccc4ccccc4c32)cc1. The van der Waals surface area contributed by atoms with E-state index in [-0.39, 0.29) is 0 Å². The first-order valence-corrected chi connectivity index (χ1v) is 22.2. The molecular weight excluding hydrogens is 773 g/mol. The van der Waals surface area contributed by atoms with Crippen LogP contribution in [0.1, 0.15) is 0 Å². The second kappa shape index (κ2) is 13.5. The van der Waals surface area contributed by atoms with Gasteiger partial charge in [0.2, 0.25) is 0 Å². The zero-order valence-electron chi connectivity index (χ0n) is 34.8. The van der Waals surface area contributed by atoms with Gasteiger partial charge in [-0.05, 0) is 132 Å². The number of rotatable bonds is 5. The standard InChI is InChI=1S/C62H38N2/c1-2-18-47(19-3-1)64-59-33-29-45(37-57(59)55-32-26-39-12-4-5-21-49(39)62(55)64)46-28-31-52-51-22-6-7-25-58(51)63(60(52)38-46)48-20-9-17-43(35-48)41-15-8-16-42(34-41)44-27-30-50-53-23-10-13-40-14-11-24-54(61(40)53)56(50)36-44/h1-38H. The molecule has 1 aliphatic rings. The maximum Gasteiger partial charge on any atom is 0.0619 e. The minimum atomic E-state index is 1.14. The number of fused-ring (bicyclic) bond motifs is 11. The van der Waals surface area contributed by atoms with Gasteiger partial charge < -0.3 is 9.13 Å². The van der Waals surface area contributed by atoms with Crippen LogP contribution >= 0.6 is 0 Å². The summed E-state index contributed by atoms with van der Waals surface area (Å²) >= 11 is 0. The first-order chi connectivity index (χ1) is 31.7. The molecule has 1 aliphatic carbocycles. The fraction of sp³-hybridized carbons (Fsp3) is 0. The van der Waals surface area contributed by atoms with Crippen LogP contribution in [0.4, 0.5) is 0 Å². The fourth-order valence-electron chi connectivity index (χ4n) is 10.9. The van der Waals surface area contributed by atoms with E-state index >= 15 is 0 Å². The largest absolute Gasteiger partial charge is 0.309 e. The smallest absolute Gasteiger partial charge is 0.0619 e. The van der Waals surface area contributed by atoms with Crippen LogP contribution in [0.2, 0.25) is 0 Å². The van der Waals surface area contributed by atoms with E-state index in [1.54, 1.807) is 0 Å². The molecule has 0 bridgehead atoms. The lowest BCUT2D eigenvalue weighted by atomic mass is 9.95. The van der Waals surface area contributed by atoms with Gasteiger partial charge in [-0.2, -0.15) is 0 Å². The minimum Gasteiger partial charge on any atom is -0.309 e. The molecule has 0 aliphatic heterocycles. The molecule has 0 N–H and O–H groups in total. The third-order valence-electron chi connectivity index (χ3n) is 13.8. The highest BCUT2D eigenvalue weighted by atomic mass is 15.0. The quantitative estimate of drug-likeness (QED) is 0.164. The van der Waals surface area contributed by atoms with E-state index in [0.29, 0.717) is 0 Å². The van der Waals surface area contributed by atoms with Gasteiger partial charge in [-0.1, -0.05) is 170 Å². The van der Waals surface area contributed by atoms with Crippen LogP contribution in [0.15, 0.2) is 231 Å². The molecule has 64 heavy (non-hydrogen) atoms. The molecule has 0 spiro atoms. The molecular formula is C62H38N2. The average molecular weight is 811 g/mol. The van der Waals surface area contributed by atoms with E-state index in [1.165, 1.54) is 126 Å². The van der Waals surface area contributed by atoms with Crippen molar-refractivity contribution >= 4 is 65.2 Å². The number of hydrogen-bond acceptors (Lipinski definition) is 0. The first-order valence-electron chi connectivity index (χ1n) is 22.2. The summed E-state index contributed by atoms with van der Waals surface area (Å²) < 4.78 is 4.89. The van der Waals surface area contributed by atoms with Gasteiger partial charge in [0.15, 0.2) is 0 Å². The molecule has 2 heterocycles. The van der Waals surface area contributed by atoms with Crippen molar-refractivity contribution in [2.24, 2.45) is 0 Å². The lowest BCUT2D eigenvalue weighted by Gasteiger charge is -2.13. The van der Waals surface area contributed by atoms with Crippen molar-refractivity contribution in [3.63, 3.8) is 0 Å². The highest BCUT2D eigenvalue weighted by Crippen LogP contribution is 2.48. The Bertz CT molecular complexity index is 4060. The van der Waals surface area contributed by atoms with Crippen LogP contribution in [-0.2, 0) is 0 Å². The topological polar surface area (TPSA) is 9.86 Å². The highest BCUT2D eigenvalue weighted by molar-refractivity contribution is 6.20. The van der Waals surface area contributed by atoms with Gasteiger partial charge in [0, 0.05) is 38.3 Å². The molecule has 0 atom stereocenters. The van der Waals surface area contributed by atoms with Gasteiger partial charge in [-0.3, -0.25) is 0 Å². The van der Waals surface area contributed by atoms with E-state index < -0.39 is 0 Å². The van der Waals surface area contributed by atoms with Crippen LogP contribution in [0, 0.1) is 0 Å². The van der Waals surface area contributed by atoms with Crippen molar-refractivity contribution in [3.8, 4) is 67.0 Å². The molecule has 0 unspecified atom stereocenters. The summed E-state index contributed by atoms with van der Waals surface area (Å²) in [4.78, 5) is 0. The fourth-order valence-corrected chi connectivity index (χ4v) is 10.9.